The largest absolute Gasteiger partial charge is 0.270 e. The Kier molecular flexibility index (Phi) is 0.848. The summed E-state index contributed by atoms with van der Waals surface area (Å²) in [6, 6.07) is 1.12. The summed E-state index contributed by atoms with van der Waals surface area (Å²) in [7, 11) is 0. The van der Waals surface area contributed by atoms with Crippen molar-refractivity contribution in [2.45, 2.75) is 25.3 Å². The van der Waals surface area contributed by atoms with E-state index in [0.717, 1.165) is 0 Å². The Morgan fingerprint density at radius 3 is 3.00 bits per heavy atom. The third-order valence-electron chi connectivity index (χ3n) is 1.92. The molecule has 0 spiro atoms. The van der Waals surface area contributed by atoms with E-state index in [1.165, 1.54) is 19.3 Å². The molecule has 0 radical (unpaired) electrons. The van der Waals surface area contributed by atoms with Crippen molar-refractivity contribution in [2.75, 3.05) is 0 Å². The van der Waals surface area contributed by atoms with Gasteiger partial charge in [0.2, 0.25) is 0 Å². The van der Waals surface area contributed by atoms with Gasteiger partial charge in [-0.2, -0.15) is 5.10 Å². The van der Waals surface area contributed by atoms with Gasteiger partial charge < -0.3 is 0 Å². The first-order valence-electron chi connectivity index (χ1n) is 3.87. The molecule has 0 aromatic carbocycles. The summed E-state index contributed by atoms with van der Waals surface area (Å²) in [5.41, 5.74) is 0. The van der Waals surface area contributed by atoms with Gasteiger partial charge in [0.25, 0.3) is 0 Å². The fourth-order valence-electron chi connectivity index (χ4n) is 1.09. The lowest BCUT2D eigenvalue weighted by Crippen LogP contribution is -2.16. The van der Waals surface area contributed by atoms with Gasteiger partial charge in [-0.25, -0.2) is 0 Å². The maximum atomic E-state index is 7.23. The maximum Gasteiger partial charge on any atom is 0.0656 e. The van der Waals surface area contributed by atoms with Gasteiger partial charge in [0.15, 0.2) is 0 Å². The summed E-state index contributed by atoms with van der Waals surface area (Å²) in [6.45, 7) is 0. The standard InChI is InChI=1S/C7H10N2/c1-3-7(4-1)9-6-2-5-8-9/h2,5-7H,1,3-4H2/i2D. The van der Waals surface area contributed by atoms with Crippen LogP contribution in [-0.2, 0) is 0 Å². The fourth-order valence-corrected chi connectivity index (χ4v) is 1.09. The predicted octanol–water partition coefficient (Wildman–Crippen LogP) is 1.61. The highest BCUT2D eigenvalue weighted by atomic mass is 15.3. The van der Waals surface area contributed by atoms with Crippen LogP contribution in [0.2, 0.25) is 0 Å². The number of nitrogens with zero attached hydrogens (tertiary/aromatic N) is 2. The second-order valence-electron chi connectivity index (χ2n) is 2.51. The van der Waals surface area contributed by atoms with Crippen molar-refractivity contribution < 1.29 is 1.37 Å². The molecule has 9 heavy (non-hydrogen) atoms. The van der Waals surface area contributed by atoms with Gasteiger partial charge >= 0.3 is 0 Å². The van der Waals surface area contributed by atoms with Gasteiger partial charge in [-0.05, 0) is 25.3 Å². The molecule has 0 amide bonds. The van der Waals surface area contributed by atoms with E-state index in [0.29, 0.717) is 12.1 Å². The highest BCUT2D eigenvalue weighted by Crippen LogP contribution is 2.30. The quantitative estimate of drug-likeness (QED) is 0.554. The molecule has 1 fully saturated rings. The molecule has 1 aliphatic carbocycles. The normalized spacial score (nSPS) is 21.1. The minimum atomic E-state index is 0.520. The maximum absolute atomic E-state index is 7.23. The van der Waals surface area contributed by atoms with Crippen LogP contribution in [0, 0.1) is 0 Å². The molecule has 0 N–H and O–H groups in total. The van der Waals surface area contributed by atoms with Crippen LogP contribution in [0.3, 0.4) is 0 Å². The van der Waals surface area contributed by atoms with Crippen LogP contribution in [0.25, 0.3) is 0 Å². The van der Waals surface area contributed by atoms with E-state index in [9.17, 15) is 0 Å². The SMILES string of the molecule is [2H]c1cnn(C2CCC2)c1. The van der Waals surface area contributed by atoms with E-state index in [-0.39, 0.29) is 0 Å². The zero-order valence-electron chi connectivity index (χ0n) is 6.25. The van der Waals surface area contributed by atoms with Gasteiger partial charge in [0, 0.05) is 12.4 Å². The topological polar surface area (TPSA) is 17.8 Å². The summed E-state index contributed by atoms with van der Waals surface area (Å²) in [4.78, 5) is 0. The van der Waals surface area contributed by atoms with Crippen LogP contribution in [0.5, 0.6) is 0 Å². The third-order valence-corrected chi connectivity index (χ3v) is 1.92. The third kappa shape index (κ3) is 0.745. The summed E-state index contributed by atoms with van der Waals surface area (Å²) in [6.07, 6.45) is 7.18. The molecule has 0 saturated heterocycles. The molecule has 2 nitrogen and oxygen atoms in total. The summed E-state index contributed by atoms with van der Waals surface area (Å²) >= 11 is 0. The van der Waals surface area contributed by atoms with Crippen LogP contribution in [0.4, 0.5) is 0 Å². The first-order chi connectivity index (χ1) is 4.86. The predicted molar refractivity (Wildman–Crippen MR) is 35.1 cm³/mol. The van der Waals surface area contributed by atoms with E-state index >= 15 is 0 Å². The van der Waals surface area contributed by atoms with Gasteiger partial charge in [0.1, 0.15) is 0 Å². The lowest BCUT2D eigenvalue weighted by Gasteiger charge is -2.25. The van der Waals surface area contributed by atoms with Crippen molar-refractivity contribution in [3.05, 3.63) is 18.4 Å². The summed E-state index contributed by atoms with van der Waals surface area (Å²) in [5.74, 6) is 0. The zero-order valence-corrected chi connectivity index (χ0v) is 5.25. The molecule has 0 atom stereocenters. The highest BCUT2D eigenvalue weighted by molar-refractivity contribution is 4.84. The molecule has 48 valence electrons. The summed E-state index contributed by atoms with van der Waals surface area (Å²) in [5, 5.41) is 4.07. The van der Waals surface area contributed by atoms with Crippen molar-refractivity contribution in [2.24, 2.45) is 0 Å². The second-order valence-corrected chi connectivity index (χ2v) is 2.51. The number of hydrogen-bond acceptors (Lipinski definition) is 1. The number of aromatic nitrogens is 2. The minimum Gasteiger partial charge on any atom is -0.270 e. The lowest BCUT2D eigenvalue weighted by molar-refractivity contribution is 0.289. The van der Waals surface area contributed by atoms with E-state index in [4.69, 9.17) is 1.37 Å². The van der Waals surface area contributed by atoms with E-state index in [1.807, 2.05) is 4.68 Å². The molecule has 1 aliphatic rings. The van der Waals surface area contributed by atoms with E-state index < -0.39 is 0 Å². The molecule has 2 rings (SSSR count). The average Bonchev–Trinajstić information content (AvgIpc) is 2.10. The molecule has 1 saturated carbocycles. The van der Waals surface area contributed by atoms with Crippen molar-refractivity contribution in [3.63, 3.8) is 0 Å². The molecule has 0 bridgehead atoms. The van der Waals surface area contributed by atoms with Crippen molar-refractivity contribution in [3.8, 4) is 0 Å². The Morgan fingerprint density at radius 2 is 2.56 bits per heavy atom. The molecule has 1 aromatic heterocycles. The van der Waals surface area contributed by atoms with Crippen LogP contribution in [0.15, 0.2) is 18.4 Å². The zero-order chi connectivity index (χ0) is 6.97. The van der Waals surface area contributed by atoms with Crippen molar-refractivity contribution in [1.82, 2.24) is 9.78 Å². The average molecular weight is 123 g/mol. The minimum absolute atomic E-state index is 0.520. The van der Waals surface area contributed by atoms with Crippen LogP contribution < -0.4 is 0 Å². The Labute approximate surface area is 55.9 Å². The highest BCUT2D eigenvalue weighted by Gasteiger charge is 2.18. The van der Waals surface area contributed by atoms with Gasteiger partial charge in [-0.3, -0.25) is 4.68 Å². The smallest absolute Gasteiger partial charge is 0.0656 e. The van der Waals surface area contributed by atoms with Gasteiger partial charge in [-0.1, -0.05) is 0 Å². The monoisotopic (exact) mass is 123 g/mol. The Hall–Kier alpha value is -0.790. The molecule has 1 heterocycles. The van der Waals surface area contributed by atoms with Gasteiger partial charge in [-0.15, -0.1) is 0 Å². The van der Waals surface area contributed by atoms with Crippen LogP contribution >= 0.6 is 0 Å². The van der Waals surface area contributed by atoms with Crippen molar-refractivity contribution in [1.29, 1.82) is 0 Å². The second kappa shape index (κ2) is 1.87. The number of rotatable bonds is 1. The molecular formula is C7H10N2. The Bertz CT molecular complexity index is 227. The molecular weight excluding hydrogens is 112 g/mol. The molecule has 0 aliphatic heterocycles. The lowest BCUT2D eigenvalue weighted by atomic mass is 9.93. The first kappa shape index (κ1) is 4.09. The van der Waals surface area contributed by atoms with Crippen LogP contribution in [-0.4, -0.2) is 9.78 Å². The summed E-state index contributed by atoms with van der Waals surface area (Å²) < 4.78 is 9.13. The molecule has 1 aromatic rings. The van der Waals surface area contributed by atoms with Crippen molar-refractivity contribution >= 4 is 0 Å². The van der Waals surface area contributed by atoms with Crippen LogP contribution in [0.1, 0.15) is 26.7 Å². The fraction of sp³-hybridized carbons (Fsp3) is 0.571. The molecule has 2 heteroatoms. The van der Waals surface area contributed by atoms with Gasteiger partial charge in [0.05, 0.1) is 7.41 Å². The number of hydrogen-bond donors (Lipinski definition) is 0. The Morgan fingerprint density at radius 1 is 1.67 bits per heavy atom. The Balaban J connectivity index is 2.17. The van der Waals surface area contributed by atoms with E-state index in [2.05, 4.69) is 5.10 Å². The first-order valence-corrected chi connectivity index (χ1v) is 3.37. The van der Waals surface area contributed by atoms with E-state index in [1.54, 1.807) is 12.4 Å². The molecule has 0 unspecified atom stereocenters.